The Morgan fingerprint density at radius 3 is 2.62 bits per heavy atom. The van der Waals surface area contributed by atoms with E-state index in [1.54, 1.807) is 4.90 Å². The first-order valence-corrected chi connectivity index (χ1v) is 15.7. The molecule has 1 unspecified atom stereocenters. The average Bonchev–Trinajstić information content (AvgIpc) is 3.34. The molecule has 3 heterocycles. The molecule has 42 heavy (non-hydrogen) atoms. The van der Waals surface area contributed by atoms with Gasteiger partial charge in [-0.2, -0.15) is 5.10 Å². The number of ether oxygens (including phenoxy) is 1. The fourth-order valence-electron chi connectivity index (χ4n) is 6.06. The Balaban J connectivity index is 1.57. The third-order valence-corrected chi connectivity index (χ3v) is 8.49. The molecule has 1 aromatic rings. The number of aliphatic hydroxyl groups is 1. The van der Waals surface area contributed by atoms with Crippen LogP contribution in [-0.2, 0) is 38.5 Å². The zero-order valence-corrected chi connectivity index (χ0v) is 25.2. The first-order valence-electron chi connectivity index (χ1n) is 15.7. The van der Waals surface area contributed by atoms with Crippen molar-refractivity contribution in [2.45, 2.75) is 84.2 Å². The van der Waals surface area contributed by atoms with E-state index in [9.17, 15) is 24.3 Å². The van der Waals surface area contributed by atoms with Gasteiger partial charge in [0.1, 0.15) is 0 Å². The molecule has 1 aromatic heterocycles. The molecule has 12 nitrogen and oxygen atoms in total. The highest BCUT2D eigenvalue weighted by Crippen LogP contribution is 2.26. The third-order valence-electron chi connectivity index (χ3n) is 8.49. The lowest BCUT2D eigenvalue weighted by atomic mass is 9.91. The molecule has 3 N–H and O–H groups in total. The molecule has 0 spiro atoms. The second-order valence-electron chi connectivity index (χ2n) is 12.2. The van der Waals surface area contributed by atoms with E-state index in [1.165, 1.54) is 4.90 Å². The second-order valence-corrected chi connectivity index (χ2v) is 12.2. The Kier molecular flexibility index (Phi) is 11.8. The molecule has 234 valence electrons. The largest absolute Gasteiger partial charge is 0.396 e. The summed E-state index contributed by atoms with van der Waals surface area (Å²) in [5.41, 5.74) is 2.29. The van der Waals surface area contributed by atoms with Crippen LogP contribution in [0.4, 0.5) is 0 Å². The molecule has 2 bridgehead atoms. The van der Waals surface area contributed by atoms with Crippen molar-refractivity contribution in [2.24, 2.45) is 11.8 Å². The molecule has 0 aromatic carbocycles. The monoisotopic (exact) mass is 588 g/mol. The summed E-state index contributed by atoms with van der Waals surface area (Å²) in [7, 11) is 0. The molecule has 12 heteroatoms. The van der Waals surface area contributed by atoms with Crippen molar-refractivity contribution in [1.82, 2.24) is 30.2 Å². The van der Waals surface area contributed by atoms with E-state index in [0.717, 1.165) is 30.6 Å². The van der Waals surface area contributed by atoms with Gasteiger partial charge in [-0.3, -0.25) is 23.9 Å². The highest BCUT2D eigenvalue weighted by atomic mass is 16.5. The van der Waals surface area contributed by atoms with Crippen LogP contribution in [0, 0.1) is 11.8 Å². The molecule has 4 rings (SSSR count). The van der Waals surface area contributed by atoms with Crippen LogP contribution in [0.1, 0.15) is 80.5 Å². The van der Waals surface area contributed by atoms with Crippen molar-refractivity contribution >= 4 is 23.6 Å². The normalized spacial score (nSPS) is 21.7. The maximum atomic E-state index is 13.5. The summed E-state index contributed by atoms with van der Waals surface area (Å²) >= 11 is 0. The molecule has 0 saturated carbocycles. The van der Waals surface area contributed by atoms with Crippen LogP contribution in [0.5, 0.6) is 0 Å². The molecule has 1 atom stereocenters. The van der Waals surface area contributed by atoms with E-state index in [4.69, 9.17) is 9.84 Å². The topological polar surface area (TPSA) is 146 Å². The first kappa shape index (κ1) is 31.9. The SMILES string of the molecule is CC(C)CCn1nc2c3c1CCC(C3)NC(=O)CN(CCCO)C(=O)CCCN(C(=O)C1CCOCC1)CCNC2=O. The Labute approximate surface area is 248 Å². The highest BCUT2D eigenvalue weighted by molar-refractivity contribution is 5.94. The quantitative estimate of drug-likeness (QED) is 0.429. The van der Waals surface area contributed by atoms with Gasteiger partial charge in [-0.15, -0.1) is 0 Å². The van der Waals surface area contributed by atoms with Crippen molar-refractivity contribution in [3.8, 4) is 0 Å². The third kappa shape index (κ3) is 8.53. The molecular formula is C30H48N6O6. The van der Waals surface area contributed by atoms with E-state index in [2.05, 4.69) is 24.5 Å². The van der Waals surface area contributed by atoms with Crippen LogP contribution in [0.3, 0.4) is 0 Å². The standard InChI is InChI=1S/C30H48N6O6/c1-21(2)8-14-36-25-7-6-23-19-24(25)28(33-36)29(40)31-11-15-34(30(41)22-9-17-42-18-10-22)12-3-5-27(39)35(13-4-16-37)20-26(38)32-23/h21-23,37H,3-20H2,1-2H3,(H,31,40)(H,32,38). The van der Waals surface area contributed by atoms with Crippen molar-refractivity contribution in [2.75, 3.05) is 52.5 Å². The van der Waals surface area contributed by atoms with E-state index in [-0.39, 0.29) is 68.3 Å². The number of carbonyl (C=O) groups excluding carboxylic acids is 4. The fourth-order valence-corrected chi connectivity index (χ4v) is 6.06. The number of nitrogens with one attached hydrogen (secondary N) is 2. The summed E-state index contributed by atoms with van der Waals surface area (Å²) in [5, 5.41) is 20.2. The molecular weight excluding hydrogens is 540 g/mol. The van der Waals surface area contributed by atoms with Crippen LogP contribution in [0.2, 0.25) is 0 Å². The lowest BCUT2D eigenvalue weighted by molar-refractivity contribution is -0.139. The number of aryl methyl sites for hydroxylation is 1. The minimum atomic E-state index is -0.269. The van der Waals surface area contributed by atoms with Crippen molar-refractivity contribution in [1.29, 1.82) is 0 Å². The Hall–Kier alpha value is -2.99. The van der Waals surface area contributed by atoms with E-state index in [0.29, 0.717) is 76.4 Å². The van der Waals surface area contributed by atoms with Crippen LogP contribution < -0.4 is 10.6 Å². The molecule has 1 saturated heterocycles. The van der Waals surface area contributed by atoms with Gasteiger partial charge in [0.05, 0.1) is 6.54 Å². The summed E-state index contributed by atoms with van der Waals surface area (Å²) in [5.74, 6) is -0.318. The van der Waals surface area contributed by atoms with Crippen molar-refractivity contribution in [3.63, 3.8) is 0 Å². The summed E-state index contributed by atoms with van der Waals surface area (Å²) in [6.45, 7) is 7.24. The maximum Gasteiger partial charge on any atom is 0.272 e. The smallest absolute Gasteiger partial charge is 0.272 e. The van der Waals surface area contributed by atoms with E-state index >= 15 is 0 Å². The Bertz CT molecular complexity index is 1100. The minimum absolute atomic E-state index is 0.0209. The average molecular weight is 589 g/mol. The Morgan fingerprint density at radius 2 is 1.88 bits per heavy atom. The van der Waals surface area contributed by atoms with Crippen molar-refractivity contribution < 1.29 is 29.0 Å². The van der Waals surface area contributed by atoms with Crippen LogP contribution in [0.25, 0.3) is 0 Å². The van der Waals surface area contributed by atoms with Gasteiger partial charge < -0.3 is 30.3 Å². The maximum absolute atomic E-state index is 13.5. The van der Waals surface area contributed by atoms with Gasteiger partial charge in [0.15, 0.2) is 5.69 Å². The van der Waals surface area contributed by atoms with E-state index in [1.807, 2.05) is 4.68 Å². The molecule has 1 aliphatic carbocycles. The van der Waals surface area contributed by atoms with Gasteiger partial charge in [-0.05, 0) is 57.3 Å². The molecule has 2 aliphatic heterocycles. The van der Waals surface area contributed by atoms with Crippen LogP contribution in [0.15, 0.2) is 0 Å². The Morgan fingerprint density at radius 1 is 1.10 bits per heavy atom. The number of nitrogens with zero attached hydrogens (tertiary/aromatic N) is 4. The summed E-state index contributed by atoms with van der Waals surface area (Å²) in [6, 6.07) is -0.169. The number of rotatable bonds is 7. The van der Waals surface area contributed by atoms with Gasteiger partial charge in [0.25, 0.3) is 5.91 Å². The number of aliphatic hydroxyl groups excluding tert-OH is 1. The zero-order valence-electron chi connectivity index (χ0n) is 25.2. The highest BCUT2D eigenvalue weighted by Gasteiger charge is 2.31. The number of hydrogen-bond acceptors (Lipinski definition) is 7. The van der Waals surface area contributed by atoms with Crippen LogP contribution >= 0.6 is 0 Å². The van der Waals surface area contributed by atoms with Gasteiger partial charge in [-0.1, -0.05) is 13.8 Å². The number of hydrogen-bond donors (Lipinski definition) is 3. The molecule has 1 fully saturated rings. The van der Waals surface area contributed by atoms with Crippen molar-refractivity contribution in [3.05, 3.63) is 17.0 Å². The molecule has 4 amide bonds. The van der Waals surface area contributed by atoms with Gasteiger partial charge >= 0.3 is 0 Å². The van der Waals surface area contributed by atoms with E-state index < -0.39 is 0 Å². The summed E-state index contributed by atoms with van der Waals surface area (Å²) in [4.78, 5) is 56.4. The number of carbonyl (C=O) groups is 4. The van der Waals surface area contributed by atoms with Gasteiger partial charge in [0, 0.05) is 82.2 Å². The second kappa shape index (κ2) is 15.5. The van der Waals surface area contributed by atoms with Gasteiger partial charge in [0.2, 0.25) is 17.7 Å². The van der Waals surface area contributed by atoms with Gasteiger partial charge in [-0.25, -0.2) is 0 Å². The fraction of sp³-hybridized carbons (Fsp3) is 0.767. The first-order chi connectivity index (χ1) is 20.3. The number of fused-ring (bicyclic) bond motifs is 1. The predicted molar refractivity (Wildman–Crippen MR) is 156 cm³/mol. The molecule has 3 aliphatic rings. The summed E-state index contributed by atoms with van der Waals surface area (Å²) in [6.07, 6.45) is 5.17. The zero-order chi connectivity index (χ0) is 30.1. The molecule has 0 radical (unpaired) electrons. The lowest BCUT2D eigenvalue weighted by Gasteiger charge is -2.30. The van der Waals surface area contributed by atoms with Crippen LogP contribution in [-0.4, -0.2) is 107 Å². The minimum Gasteiger partial charge on any atom is -0.396 e. The predicted octanol–water partition coefficient (Wildman–Crippen LogP) is 0.893. The number of amides is 4. The lowest BCUT2D eigenvalue weighted by Crippen LogP contribution is -2.46. The summed E-state index contributed by atoms with van der Waals surface area (Å²) < 4.78 is 7.39. The number of aromatic nitrogens is 2.